The Hall–Kier alpha value is -1.93. The fourth-order valence-electron chi connectivity index (χ4n) is 3.82. The Kier molecular flexibility index (Phi) is 4.31. The molecule has 144 valence electrons. The standard InChI is InChI=1S/C19H20F3N3OS/c1-11-3-6-13(7-4-11)16-10-27-17(23-16)25-18(26,19(20,21)22)14-9-12(2)5-8-15(14)24-25/h3-4,6-7,10,12,14,26H,5,8-9H2,1-2H3/t12-,14-,18-/m1/s1. The number of hydrogen-bond acceptors (Lipinski definition) is 5. The molecule has 0 bridgehead atoms. The summed E-state index contributed by atoms with van der Waals surface area (Å²) < 4.78 is 41.9. The van der Waals surface area contributed by atoms with E-state index in [2.05, 4.69) is 10.1 Å². The van der Waals surface area contributed by atoms with Crippen molar-refractivity contribution in [2.45, 2.75) is 45.0 Å². The summed E-state index contributed by atoms with van der Waals surface area (Å²) in [5.41, 5.74) is -0.149. The Bertz CT molecular complexity index is 877. The van der Waals surface area contributed by atoms with Crippen LogP contribution in [0.5, 0.6) is 0 Å². The molecule has 1 aromatic heterocycles. The molecule has 3 atom stereocenters. The number of halogens is 3. The number of hydrogen-bond donors (Lipinski definition) is 1. The third kappa shape index (κ3) is 2.95. The van der Waals surface area contributed by atoms with Gasteiger partial charge in [-0.15, -0.1) is 11.3 Å². The number of hydrazone groups is 1. The van der Waals surface area contributed by atoms with Crippen molar-refractivity contribution in [2.24, 2.45) is 16.9 Å². The van der Waals surface area contributed by atoms with Crippen molar-refractivity contribution in [3.63, 3.8) is 0 Å². The number of thiazole rings is 1. The third-order valence-electron chi connectivity index (χ3n) is 5.41. The summed E-state index contributed by atoms with van der Waals surface area (Å²) in [6.07, 6.45) is -3.32. The Morgan fingerprint density at radius 1 is 1.26 bits per heavy atom. The van der Waals surface area contributed by atoms with E-state index >= 15 is 0 Å². The monoisotopic (exact) mass is 395 g/mol. The molecule has 1 N–H and O–H groups in total. The SMILES string of the molecule is Cc1ccc(-c2csc(N3N=C4CC[C@@H](C)C[C@H]4[C@@]3(O)C(F)(F)F)n2)cc1. The fourth-order valence-corrected chi connectivity index (χ4v) is 4.65. The number of aryl methyl sites for hydroxylation is 1. The smallest absolute Gasteiger partial charge is 0.362 e. The van der Waals surface area contributed by atoms with E-state index in [0.29, 0.717) is 22.8 Å². The Morgan fingerprint density at radius 3 is 2.63 bits per heavy atom. The second-order valence-corrected chi connectivity index (χ2v) is 8.28. The van der Waals surface area contributed by atoms with Crippen molar-refractivity contribution >= 4 is 22.2 Å². The molecule has 8 heteroatoms. The van der Waals surface area contributed by atoms with Gasteiger partial charge in [0.15, 0.2) is 0 Å². The predicted octanol–water partition coefficient (Wildman–Crippen LogP) is 4.98. The van der Waals surface area contributed by atoms with Crippen LogP contribution in [0.25, 0.3) is 11.3 Å². The largest absolute Gasteiger partial charge is 0.439 e. The normalized spacial score (nSPS) is 28.2. The lowest BCUT2D eigenvalue weighted by Gasteiger charge is -2.39. The maximum atomic E-state index is 14.0. The fraction of sp³-hybridized carbons (Fsp3) is 0.474. The zero-order valence-corrected chi connectivity index (χ0v) is 15.8. The average molecular weight is 395 g/mol. The van der Waals surface area contributed by atoms with E-state index < -0.39 is 17.8 Å². The van der Waals surface area contributed by atoms with Crippen molar-refractivity contribution in [3.05, 3.63) is 35.2 Å². The summed E-state index contributed by atoms with van der Waals surface area (Å²) in [5.74, 6) is -0.935. The summed E-state index contributed by atoms with van der Waals surface area (Å²) in [6, 6.07) is 7.60. The Labute approximate surface area is 159 Å². The lowest BCUT2D eigenvalue weighted by atomic mass is 9.76. The van der Waals surface area contributed by atoms with E-state index in [0.717, 1.165) is 28.9 Å². The molecule has 2 heterocycles. The molecular weight excluding hydrogens is 375 g/mol. The van der Waals surface area contributed by atoms with Crippen LogP contribution in [-0.2, 0) is 0 Å². The molecular formula is C19H20F3N3OS. The van der Waals surface area contributed by atoms with E-state index in [1.54, 1.807) is 5.38 Å². The molecule has 0 saturated heterocycles. The van der Waals surface area contributed by atoms with Crippen LogP contribution in [0.15, 0.2) is 34.7 Å². The molecule has 2 aliphatic rings. The molecule has 1 aromatic carbocycles. The van der Waals surface area contributed by atoms with Gasteiger partial charge in [0.25, 0.3) is 5.72 Å². The zero-order chi connectivity index (χ0) is 19.4. The first-order chi connectivity index (χ1) is 12.7. The topological polar surface area (TPSA) is 48.7 Å². The number of alkyl halides is 3. The molecule has 0 radical (unpaired) electrons. The van der Waals surface area contributed by atoms with Gasteiger partial charge in [-0.1, -0.05) is 36.8 Å². The van der Waals surface area contributed by atoms with Gasteiger partial charge >= 0.3 is 6.18 Å². The van der Waals surface area contributed by atoms with Crippen LogP contribution in [0.1, 0.15) is 31.7 Å². The van der Waals surface area contributed by atoms with E-state index in [-0.39, 0.29) is 17.5 Å². The quantitative estimate of drug-likeness (QED) is 0.780. The molecule has 2 aromatic rings. The molecule has 0 unspecified atom stereocenters. The van der Waals surface area contributed by atoms with Crippen molar-refractivity contribution in [2.75, 3.05) is 5.01 Å². The number of aliphatic hydroxyl groups is 1. The maximum absolute atomic E-state index is 14.0. The first-order valence-electron chi connectivity index (χ1n) is 8.89. The highest BCUT2D eigenvalue weighted by Crippen LogP contribution is 2.51. The van der Waals surface area contributed by atoms with Gasteiger partial charge in [-0.25, -0.2) is 4.98 Å². The second kappa shape index (κ2) is 6.31. The van der Waals surface area contributed by atoms with Gasteiger partial charge in [-0.05, 0) is 32.1 Å². The van der Waals surface area contributed by atoms with Gasteiger partial charge in [-0.3, -0.25) is 0 Å². The minimum Gasteiger partial charge on any atom is -0.362 e. The van der Waals surface area contributed by atoms with Gasteiger partial charge < -0.3 is 5.11 Å². The van der Waals surface area contributed by atoms with Gasteiger partial charge in [-0.2, -0.15) is 23.3 Å². The summed E-state index contributed by atoms with van der Waals surface area (Å²) in [5, 5.41) is 17.5. The van der Waals surface area contributed by atoms with Crippen LogP contribution in [0.3, 0.4) is 0 Å². The Balaban J connectivity index is 1.74. The van der Waals surface area contributed by atoms with Crippen molar-refractivity contribution in [1.82, 2.24) is 4.98 Å². The van der Waals surface area contributed by atoms with Crippen LogP contribution in [0.2, 0.25) is 0 Å². The first-order valence-corrected chi connectivity index (χ1v) is 9.77. The molecule has 4 rings (SSSR count). The summed E-state index contributed by atoms with van der Waals surface area (Å²) in [7, 11) is 0. The number of fused-ring (bicyclic) bond motifs is 1. The van der Waals surface area contributed by atoms with Crippen LogP contribution < -0.4 is 5.01 Å². The highest BCUT2D eigenvalue weighted by atomic mass is 32.1. The van der Waals surface area contributed by atoms with Gasteiger partial charge in [0.1, 0.15) is 0 Å². The molecule has 4 nitrogen and oxygen atoms in total. The van der Waals surface area contributed by atoms with E-state index in [4.69, 9.17) is 0 Å². The summed E-state index contributed by atoms with van der Waals surface area (Å²) in [6.45, 7) is 3.87. The lowest BCUT2D eigenvalue weighted by Crippen LogP contribution is -2.60. The number of aromatic nitrogens is 1. The van der Waals surface area contributed by atoms with Crippen LogP contribution in [0.4, 0.5) is 18.3 Å². The number of nitrogens with zero attached hydrogens (tertiary/aromatic N) is 3. The lowest BCUT2D eigenvalue weighted by molar-refractivity contribution is -0.269. The highest BCUT2D eigenvalue weighted by molar-refractivity contribution is 7.14. The number of benzene rings is 1. The van der Waals surface area contributed by atoms with E-state index in [9.17, 15) is 18.3 Å². The maximum Gasteiger partial charge on any atom is 0.439 e. The highest BCUT2D eigenvalue weighted by Gasteiger charge is 2.68. The van der Waals surface area contributed by atoms with Crippen LogP contribution in [-0.4, -0.2) is 27.7 Å². The number of anilines is 1. The van der Waals surface area contributed by atoms with Gasteiger partial charge in [0.05, 0.1) is 11.6 Å². The molecule has 1 aliphatic heterocycles. The second-order valence-electron chi connectivity index (χ2n) is 7.44. The molecule has 1 aliphatic carbocycles. The zero-order valence-electron chi connectivity index (χ0n) is 15.0. The summed E-state index contributed by atoms with van der Waals surface area (Å²) >= 11 is 1.06. The predicted molar refractivity (Wildman–Crippen MR) is 99.7 cm³/mol. The van der Waals surface area contributed by atoms with Crippen LogP contribution >= 0.6 is 11.3 Å². The molecule has 1 saturated carbocycles. The molecule has 27 heavy (non-hydrogen) atoms. The van der Waals surface area contributed by atoms with E-state index in [1.807, 2.05) is 38.1 Å². The third-order valence-corrected chi connectivity index (χ3v) is 6.22. The molecule has 1 fully saturated rings. The van der Waals surface area contributed by atoms with E-state index in [1.165, 1.54) is 0 Å². The van der Waals surface area contributed by atoms with Gasteiger partial charge in [0.2, 0.25) is 5.13 Å². The minimum absolute atomic E-state index is 0.0555. The average Bonchev–Trinajstić information content (AvgIpc) is 3.19. The summed E-state index contributed by atoms with van der Waals surface area (Å²) in [4.78, 5) is 4.36. The van der Waals surface area contributed by atoms with Crippen molar-refractivity contribution in [1.29, 1.82) is 0 Å². The van der Waals surface area contributed by atoms with Crippen molar-refractivity contribution in [3.8, 4) is 11.3 Å². The number of rotatable bonds is 2. The molecule has 0 spiro atoms. The van der Waals surface area contributed by atoms with Crippen LogP contribution in [0, 0.1) is 18.8 Å². The van der Waals surface area contributed by atoms with Gasteiger partial charge in [0, 0.05) is 16.7 Å². The Morgan fingerprint density at radius 2 is 1.96 bits per heavy atom. The van der Waals surface area contributed by atoms with Crippen molar-refractivity contribution < 1.29 is 18.3 Å². The minimum atomic E-state index is -4.84. The molecule has 0 amide bonds. The first kappa shape index (κ1) is 18.4.